The number of hydrogen-bond donors (Lipinski definition) is 2. The molecule has 6 nitrogen and oxygen atoms in total. The van der Waals surface area contributed by atoms with Gasteiger partial charge in [0.05, 0.1) is 17.2 Å². The second-order valence-corrected chi connectivity index (χ2v) is 10.5. The highest BCUT2D eigenvalue weighted by atomic mass is 32.2. The molecule has 8 heteroatoms. The third-order valence-corrected chi connectivity index (χ3v) is 8.27. The molecule has 0 saturated carbocycles. The molecule has 0 aliphatic heterocycles. The van der Waals surface area contributed by atoms with Crippen molar-refractivity contribution in [3.63, 3.8) is 0 Å². The molecule has 34 heavy (non-hydrogen) atoms. The second kappa shape index (κ2) is 9.70. The SMILES string of the molecule is CCOc1ccc(Nc2sc(C(=O)c3ccc(C)cc3)c(N)c2S(=O)(=O)c2ccccc2)cc1. The summed E-state index contributed by atoms with van der Waals surface area (Å²) in [6, 6.07) is 22.3. The van der Waals surface area contributed by atoms with Crippen LogP contribution in [0.25, 0.3) is 0 Å². The van der Waals surface area contributed by atoms with Gasteiger partial charge in [0, 0.05) is 11.3 Å². The smallest absolute Gasteiger partial charge is 0.211 e. The minimum absolute atomic E-state index is 0.0622. The fraction of sp³-hybridized carbons (Fsp3) is 0.115. The van der Waals surface area contributed by atoms with Crippen molar-refractivity contribution in [2.45, 2.75) is 23.6 Å². The third kappa shape index (κ3) is 4.69. The first kappa shape index (κ1) is 23.5. The average molecular weight is 493 g/mol. The van der Waals surface area contributed by atoms with Gasteiger partial charge in [-0.1, -0.05) is 48.0 Å². The summed E-state index contributed by atoms with van der Waals surface area (Å²) in [6.07, 6.45) is 0. The van der Waals surface area contributed by atoms with Gasteiger partial charge < -0.3 is 15.8 Å². The summed E-state index contributed by atoms with van der Waals surface area (Å²) >= 11 is 1.03. The monoisotopic (exact) mass is 492 g/mol. The van der Waals surface area contributed by atoms with E-state index in [1.54, 1.807) is 54.6 Å². The minimum atomic E-state index is -3.99. The van der Waals surface area contributed by atoms with Crippen LogP contribution in [0.5, 0.6) is 5.75 Å². The lowest BCUT2D eigenvalue weighted by Gasteiger charge is -2.10. The van der Waals surface area contributed by atoms with Crippen LogP contribution >= 0.6 is 11.3 Å². The Labute approximate surface area is 202 Å². The van der Waals surface area contributed by atoms with Gasteiger partial charge in [-0.2, -0.15) is 0 Å². The van der Waals surface area contributed by atoms with Crippen LogP contribution in [0.1, 0.15) is 27.7 Å². The lowest BCUT2D eigenvalue weighted by molar-refractivity contribution is 0.104. The number of aryl methyl sites for hydroxylation is 1. The fourth-order valence-electron chi connectivity index (χ4n) is 3.43. The van der Waals surface area contributed by atoms with Gasteiger partial charge >= 0.3 is 0 Å². The van der Waals surface area contributed by atoms with Crippen LogP contribution in [0.3, 0.4) is 0 Å². The van der Waals surface area contributed by atoms with E-state index in [0.29, 0.717) is 23.6 Å². The molecule has 3 aromatic carbocycles. The Bertz CT molecular complexity index is 1410. The Balaban J connectivity index is 1.82. The topological polar surface area (TPSA) is 98.5 Å². The van der Waals surface area contributed by atoms with Gasteiger partial charge in [-0.05, 0) is 50.2 Å². The van der Waals surface area contributed by atoms with Crippen LogP contribution < -0.4 is 15.8 Å². The molecule has 0 unspecified atom stereocenters. The van der Waals surface area contributed by atoms with Crippen molar-refractivity contribution in [1.29, 1.82) is 0 Å². The van der Waals surface area contributed by atoms with E-state index < -0.39 is 9.84 Å². The van der Waals surface area contributed by atoms with Crippen molar-refractivity contribution in [2.75, 3.05) is 17.7 Å². The molecule has 0 fully saturated rings. The highest BCUT2D eigenvalue weighted by molar-refractivity contribution is 7.92. The number of anilines is 3. The normalized spacial score (nSPS) is 11.2. The molecule has 0 amide bonds. The molecule has 3 N–H and O–H groups in total. The predicted octanol–water partition coefficient (Wildman–Crippen LogP) is 5.84. The van der Waals surface area contributed by atoms with Crippen LogP contribution in [-0.2, 0) is 9.84 Å². The quantitative estimate of drug-likeness (QED) is 0.300. The van der Waals surface area contributed by atoms with Crippen molar-refractivity contribution in [1.82, 2.24) is 0 Å². The third-order valence-electron chi connectivity index (χ3n) is 5.17. The molecule has 0 radical (unpaired) electrons. The first-order valence-electron chi connectivity index (χ1n) is 10.6. The number of ketones is 1. The number of rotatable bonds is 8. The average Bonchev–Trinajstić information content (AvgIpc) is 3.17. The van der Waals surface area contributed by atoms with E-state index in [-0.39, 0.29) is 31.1 Å². The number of hydrogen-bond acceptors (Lipinski definition) is 7. The minimum Gasteiger partial charge on any atom is -0.494 e. The maximum atomic E-state index is 13.6. The summed E-state index contributed by atoms with van der Waals surface area (Å²) in [4.78, 5) is 13.4. The first-order chi connectivity index (χ1) is 16.3. The Morgan fingerprint density at radius 2 is 1.62 bits per heavy atom. The molecule has 0 aliphatic rings. The van der Waals surface area contributed by atoms with Gasteiger partial charge in [-0.3, -0.25) is 4.79 Å². The van der Waals surface area contributed by atoms with Crippen molar-refractivity contribution in [2.24, 2.45) is 0 Å². The lowest BCUT2D eigenvalue weighted by Crippen LogP contribution is -2.08. The van der Waals surface area contributed by atoms with Gasteiger partial charge in [0.15, 0.2) is 0 Å². The van der Waals surface area contributed by atoms with E-state index in [9.17, 15) is 13.2 Å². The van der Waals surface area contributed by atoms with E-state index >= 15 is 0 Å². The van der Waals surface area contributed by atoms with E-state index in [1.165, 1.54) is 12.1 Å². The highest BCUT2D eigenvalue weighted by Crippen LogP contribution is 2.44. The van der Waals surface area contributed by atoms with E-state index in [2.05, 4.69) is 5.32 Å². The first-order valence-corrected chi connectivity index (χ1v) is 12.9. The fourth-order valence-corrected chi connectivity index (χ4v) is 6.39. The summed E-state index contributed by atoms with van der Waals surface area (Å²) in [5, 5.41) is 3.42. The van der Waals surface area contributed by atoms with Gasteiger partial charge in [0.25, 0.3) is 0 Å². The zero-order valence-corrected chi connectivity index (χ0v) is 20.4. The molecule has 1 heterocycles. The molecule has 4 aromatic rings. The van der Waals surface area contributed by atoms with Crippen LogP contribution in [-0.4, -0.2) is 20.8 Å². The number of nitrogens with one attached hydrogen (secondary N) is 1. The summed E-state index contributed by atoms with van der Waals surface area (Å²) < 4.78 is 32.6. The van der Waals surface area contributed by atoms with E-state index in [1.807, 2.05) is 26.0 Å². The number of thiophene rings is 1. The molecule has 4 rings (SSSR count). The van der Waals surface area contributed by atoms with Gasteiger partial charge in [-0.25, -0.2) is 8.42 Å². The van der Waals surface area contributed by atoms with Gasteiger partial charge in [0.2, 0.25) is 15.6 Å². The predicted molar refractivity (Wildman–Crippen MR) is 136 cm³/mol. The van der Waals surface area contributed by atoms with Crippen molar-refractivity contribution in [3.8, 4) is 5.75 Å². The Morgan fingerprint density at radius 3 is 2.24 bits per heavy atom. The molecule has 0 spiro atoms. The van der Waals surface area contributed by atoms with Gasteiger partial charge in [0.1, 0.15) is 20.5 Å². The van der Waals surface area contributed by atoms with Crippen LogP contribution in [0.4, 0.5) is 16.4 Å². The maximum absolute atomic E-state index is 13.6. The Morgan fingerprint density at radius 1 is 0.971 bits per heavy atom. The summed E-state index contributed by atoms with van der Waals surface area (Å²) in [6.45, 7) is 4.36. The second-order valence-electron chi connectivity index (χ2n) is 7.60. The number of nitrogens with two attached hydrogens (primary N) is 1. The number of sulfone groups is 1. The van der Waals surface area contributed by atoms with Crippen LogP contribution in [0.2, 0.25) is 0 Å². The summed E-state index contributed by atoms with van der Waals surface area (Å²) in [7, 11) is -3.99. The summed E-state index contributed by atoms with van der Waals surface area (Å²) in [5.74, 6) is 0.373. The Hall–Kier alpha value is -3.62. The Kier molecular flexibility index (Phi) is 6.72. The molecule has 0 bridgehead atoms. The van der Waals surface area contributed by atoms with Crippen LogP contribution in [0.15, 0.2) is 88.7 Å². The standard InChI is InChI=1S/C26H24N2O4S2/c1-3-32-20-15-13-19(14-16-20)28-26-25(34(30,31)21-7-5-4-6-8-21)22(27)24(33-26)23(29)18-11-9-17(2)10-12-18/h4-16,28H,3,27H2,1-2H3. The number of benzene rings is 3. The molecule has 0 atom stereocenters. The summed E-state index contributed by atoms with van der Waals surface area (Å²) in [5.41, 5.74) is 8.40. The van der Waals surface area contributed by atoms with E-state index in [4.69, 9.17) is 10.5 Å². The molecule has 1 aromatic heterocycles. The lowest BCUT2D eigenvalue weighted by atomic mass is 10.1. The molecular weight excluding hydrogens is 468 g/mol. The highest BCUT2D eigenvalue weighted by Gasteiger charge is 2.31. The van der Waals surface area contributed by atoms with Gasteiger partial charge in [-0.15, -0.1) is 11.3 Å². The molecule has 0 saturated heterocycles. The van der Waals surface area contributed by atoms with Crippen molar-refractivity contribution < 1.29 is 17.9 Å². The number of nitrogen functional groups attached to an aromatic ring is 1. The number of ether oxygens (including phenoxy) is 1. The zero-order chi connectivity index (χ0) is 24.3. The molecule has 174 valence electrons. The molecular formula is C26H24N2O4S2. The maximum Gasteiger partial charge on any atom is 0.211 e. The van der Waals surface area contributed by atoms with Crippen molar-refractivity contribution >= 4 is 43.3 Å². The largest absolute Gasteiger partial charge is 0.494 e. The number of carbonyl (C=O) groups is 1. The number of carbonyl (C=O) groups excluding carboxylic acids is 1. The van der Waals surface area contributed by atoms with Crippen molar-refractivity contribution in [3.05, 3.63) is 94.9 Å². The molecule has 0 aliphatic carbocycles. The zero-order valence-electron chi connectivity index (χ0n) is 18.7. The van der Waals surface area contributed by atoms with E-state index in [0.717, 1.165) is 16.9 Å². The van der Waals surface area contributed by atoms with Crippen LogP contribution in [0, 0.1) is 6.92 Å².